The average molecular weight is 505 g/mol. The Morgan fingerprint density at radius 3 is 2.43 bits per heavy atom. The Balaban J connectivity index is 1.55. The molecule has 0 aromatic heterocycles. The lowest BCUT2D eigenvalue weighted by Crippen LogP contribution is -2.50. The Bertz CT molecular complexity index is 1250. The predicted molar refractivity (Wildman–Crippen MR) is 136 cm³/mol. The summed E-state index contributed by atoms with van der Waals surface area (Å²) in [6, 6.07) is 17.5. The van der Waals surface area contributed by atoms with Gasteiger partial charge >= 0.3 is 13.1 Å². The van der Waals surface area contributed by atoms with Gasteiger partial charge in [-0.25, -0.2) is 9.18 Å². The van der Waals surface area contributed by atoms with Crippen molar-refractivity contribution in [3.05, 3.63) is 100 Å². The van der Waals surface area contributed by atoms with E-state index in [1.807, 2.05) is 30.3 Å². The number of halogens is 1. The van der Waals surface area contributed by atoms with Gasteiger partial charge in [0.05, 0.1) is 19.3 Å². The first-order valence-electron chi connectivity index (χ1n) is 12.0. The summed E-state index contributed by atoms with van der Waals surface area (Å²) in [5.41, 5.74) is 3.86. The number of esters is 1. The maximum absolute atomic E-state index is 13.6. The number of rotatable bonds is 9. The molecular formula is C28H29BFNO6. The van der Waals surface area contributed by atoms with E-state index in [9.17, 15) is 19.0 Å². The summed E-state index contributed by atoms with van der Waals surface area (Å²) in [5, 5.41) is 10.2. The van der Waals surface area contributed by atoms with Crippen LogP contribution in [0.1, 0.15) is 39.5 Å². The van der Waals surface area contributed by atoms with Crippen molar-refractivity contribution < 1.29 is 33.1 Å². The number of benzene rings is 3. The summed E-state index contributed by atoms with van der Waals surface area (Å²) >= 11 is 0. The van der Waals surface area contributed by atoms with Gasteiger partial charge in [0.15, 0.2) is 6.04 Å². The molecule has 0 spiro atoms. The quantitative estimate of drug-likeness (QED) is 0.356. The molecule has 0 saturated heterocycles. The molecule has 4 rings (SSSR count). The fourth-order valence-corrected chi connectivity index (χ4v) is 4.43. The summed E-state index contributed by atoms with van der Waals surface area (Å²) in [6.07, 6.45) is -0.710. The molecule has 2 atom stereocenters. The van der Waals surface area contributed by atoms with E-state index in [2.05, 4.69) is 0 Å². The molecule has 7 nitrogen and oxygen atoms in total. The van der Waals surface area contributed by atoms with E-state index in [0.29, 0.717) is 22.2 Å². The molecule has 0 radical (unpaired) electrons. The fraction of sp³-hybridized carbons (Fsp3) is 0.286. The summed E-state index contributed by atoms with van der Waals surface area (Å²) in [5.74, 6) is -1.46. The van der Waals surface area contributed by atoms with Gasteiger partial charge in [-0.05, 0) is 59.8 Å². The third-order valence-corrected chi connectivity index (χ3v) is 6.55. The molecule has 0 saturated carbocycles. The van der Waals surface area contributed by atoms with Crippen molar-refractivity contribution in [2.45, 2.75) is 45.8 Å². The minimum atomic E-state index is -1.10. The van der Waals surface area contributed by atoms with Crippen molar-refractivity contribution in [2.75, 3.05) is 7.05 Å². The van der Waals surface area contributed by atoms with Crippen molar-refractivity contribution >= 4 is 24.5 Å². The molecule has 0 bridgehead atoms. The van der Waals surface area contributed by atoms with E-state index in [1.54, 1.807) is 26.0 Å². The van der Waals surface area contributed by atoms with Crippen LogP contribution < -0.4 is 5.46 Å². The van der Waals surface area contributed by atoms with Gasteiger partial charge in [-0.15, -0.1) is 0 Å². The molecule has 1 N–H and O–H groups in total. The Morgan fingerprint density at radius 2 is 1.73 bits per heavy atom. The van der Waals surface area contributed by atoms with Crippen LogP contribution in [0, 0.1) is 12.7 Å². The molecule has 0 fully saturated rings. The maximum Gasteiger partial charge on any atom is 0.492 e. The lowest BCUT2D eigenvalue weighted by molar-refractivity contribution is -0.155. The van der Waals surface area contributed by atoms with Crippen LogP contribution in [0.15, 0.2) is 66.7 Å². The summed E-state index contributed by atoms with van der Waals surface area (Å²) in [7, 11) is 0.423. The Labute approximate surface area is 215 Å². The number of fused-ring (bicyclic) bond motifs is 1. The molecule has 1 aliphatic rings. The SMILES string of the molecule is Cc1c(C(=O)N(C)[C@H](C(=O)OCc2ccc(F)cc2)[C@@H](C)OCc2ccccc2)ccc2c1B(O)OC2. The molecule has 0 aliphatic carbocycles. The van der Waals surface area contributed by atoms with Gasteiger partial charge in [-0.1, -0.05) is 48.5 Å². The van der Waals surface area contributed by atoms with Crippen LogP contribution in [0.2, 0.25) is 0 Å². The molecule has 9 heteroatoms. The number of carbonyl (C=O) groups is 2. The number of hydrogen-bond donors (Lipinski definition) is 1. The Hall–Kier alpha value is -3.53. The fourth-order valence-electron chi connectivity index (χ4n) is 4.43. The molecule has 3 aromatic carbocycles. The minimum absolute atomic E-state index is 0.0789. The summed E-state index contributed by atoms with van der Waals surface area (Å²) in [4.78, 5) is 28.2. The number of carbonyl (C=O) groups excluding carboxylic acids is 2. The predicted octanol–water partition coefficient (Wildman–Crippen LogP) is 3.14. The van der Waals surface area contributed by atoms with Gasteiger partial charge in [0, 0.05) is 12.6 Å². The number of hydrogen-bond acceptors (Lipinski definition) is 6. The molecule has 0 unspecified atom stereocenters. The van der Waals surface area contributed by atoms with E-state index in [4.69, 9.17) is 14.1 Å². The highest BCUT2D eigenvalue weighted by atomic mass is 19.1. The second kappa shape index (κ2) is 11.7. The first-order chi connectivity index (χ1) is 17.8. The maximum atomic E-state index is 13.6. The topological polar surface area (TPSA) is 85.3 Å². The second-order valence-corrected chi connectivity index (χ2v) is 9.07. The van der Waals surface area contributed by atoms with E-state index < -0.39 is 31.1 Å². The normalized spacial score (nSPS) is 14.1. The molecular weight excluding hydrogens is 476 g/mol. The van der Waals surface area contributed by atoms with E-state index in [1.165, 1.54) is 36.2 Å². The van der Waals surface area contributed by atoms with Gasteiger partial charge in [0.25, 0.3) is 5.91 Å². The van der Waals surface area contributed by atoms with E-state index >= 15 is 0 Å². The van der Waals surface area contributed by atoms with Crippen LogP contribution in [-0.2, 0) is 38.7 Å². The molecule has 37 heavy (non-hydrogen) atoms. The third-order valence-electron chi connectivity index (χ3n) is 6.55. The summed E-state index contributed by atoms with van der Waals surface area (Å²) in [6.45, 7) is 3.89. The van der Waals surface area contributed by atoms with E-state index in [0.717, 1.165) is 11.1 Å². The lowest BCUT2D eigenvalue weighted by atomic mass is 9.75. The van der Waals surface area contributed by atoms with Gasteiger partial charge in [0.2, 0.25) is 0 Å². The molecule has 1 aliphatic heterocycles. The zero-order chi connectivity index (χ0) is 26.5. The van der Waals surface area contributed by atoms with Crippen LogP contribution in [0.25, 0.3) is 0 Å². The highest BCUT2D eigenvalue weighted by molar-refractivity contribution is 6.62. The molecule has 1 amide bonds. The number of ether oxygens (including phenoxy) is 2. The zero-order valence-electron chi connectivity index (χ0n) is 21.0. The number of amides is 1. The third kappa shape index (κ3) is 6.07. The molecule has 192 valence electrons. The van der Waals surface area contributed by atoms with Crippen molar-refractivity contribution in [1.82, 2.24) is 4.90 Å². The van der Waals surface area contributed by atoms with Crippen molar-refractivity contribution in [2.24, 2.45) is 0 Å². The van der Waals surface area contributed by atoms with Crippen molar-refractivity contribution in [1.29, 1.82) is 0 Å². The molecule has 1 heterocycles. The highest BCUT2D eigenvalue weighted by Crippen LogP contribution is 2.21. The van der Waals surface area contributed by atoms with Crippen LogP contribution >= 0.6 is 0 Å². The molecule has 3 aromatic rings. The van der Waals surface area contributed by atoms with Crippen molar-refractivity contribution in [3.63, 3.8) is 0 Å². The minimum Gasteiger partial charge on any atom is -0.459 e. The van der Waals surface area contributed by atoms with Crippen LogP contribution in [-0.4, -0.2) is 48.1 Å². The first kappa shape index (κ1) is 26.5. The monoisotopic (exact) mass is 505 g/mol. The standard InChI is InChI=1S/C28H29BFNO6/c1-18-24(14-11-22-17-37-29(34)25(18)22)27(32)31(3)26(19(2)35-15-20-7-5-4-6-8-20)28(33)36-16-21-9-12-23(30)13-10-21/h4-14,19,26,34H,15-17H2,1-3H3/t19-,26+/m1/s1. The first-order valence-corrected chi connectivity index (χ1v) is 12.0. The van der Waals surface area contributed by atoms with Gasteiger partial charge < -0.3 is 24.1 Å². The Kier molecular flexibility index (Phi) is 8.38. The zero-order valence-corrected chi connectivity index (χ0v) is 21.0. The highest BCUT2D eigenvalue weighted by Gasteiger charge is 2.37. The van der Waals surface area contributed by atoms with Crippen LogP contribution in [0.4, 0.5) is 4.39 Å². The smallest absolute Gasteiger partial charge is 0.459 e. The summed E-state index contributed by atoms with van der Waals surface area (Å²) < 4.78 is 30.1. The van der Waals surface area contributed by atoms with Crippen molar-refractivity contribution in [3.8, 4) is 0 Å². The largest absolute Gasteiger partial charge is 0.492 e. The second-order valence-electron chi connectivity index (χ2n) is 9.07. The van der Waals surface area contributed by atoms with Gasteiger partial charge in [-0.2, -0.15) is 0 Å². The van der Waals surface area contributed by atoms with E-state index in [-0.39, 0.29) is 25.6 Å². The average Bonchev–Trinajstić information content (AvgIpc) is 3.29. The van der Waals surface area contributed by atoms with Crippen LogP contribution in [0.3, 0.4) is 0 Å². The number of nitrogens with zero attached hydrogens (tertiary/aromatic N) is 1. The van der Waals surface area contributed by atoms with Gasteiger partial charge in [0.1, 0.15) is 12.4 Å². The Morgan fingerprint density at radius 1 is 1.05 bits per heavy atom. The lowest BCUT2D eigenvalue weighted by Gasteiger charge is -2.31. The number of likely N-dealkylation sites (N-methyl/N-ethyl adjacent to an activating group) is 1. The van der Waals surface area contributed by atoms with Crippen LogP contribution in [0.5, 0.6) is 0 Å². The van der Waals surface area contributed by atoms with Gasteiger partial charge in [-0.3, -0.25) is 4.79 Å².